The molecule has 0 radical (unpaired) electrons. The van der Waals surface area contributed by atoms with E-state index in [0.717, 1.165) is 37.5 Å². The van der Waals surface area contributed by atoms with Crippen LogP contribution < -0.4 is 15.4 Å². The lowest BCUT2D eigenvalue weighted by atomic mass is 9.86. The molecule has 1 aromatic rings. The van der Waals surface area contributed by atoms with E-state index in [0.29, 0.717) is 6.42 Å². The Labute approximate surface area is 161 Å². The maximum Gasteiger partial charge on any atom is 0.191 e. The van der Waals surface area contributed by atoms with Crippen molar-refractivity contribution in [2.45, 2.75) is 50.2 Å². The highest BCUT2D eigenvalue weighted by molar-refractivity contribution is 14.0. The van der Waals surface area contributed by atoms with Gasteiger partial charge in [-0.15, -0.1) is 36.3 Å². The third kappa shape index (κ3) is 4.15. The van der Waals surface area contributed by atoms with Gasteiger partial charge in [0, 0.05) is 32.0 Å². The molecule has 1 spiro atoms. The Bertz CT molecular complexity index is 617. The third-order valence-corrected chi connectivity index (χ3v) is 4.81. The van der Waals surface area contributed by atoms with E-state index in [9.17, 15) is 0 Å². The van der Waals surface area contributed by atoms with E-state index >= 15 is 0 Å². The van der Waals surface area contributed by atoms with Crippen LogP contribution in [0.25, 0.3) is 0 Å². The van der Waals surface area contributed by atoms with Gasteiger partial charge in [0.05, 0.1) is 6.04 Å². The van der Waals surface area contributed by atoms with Crippen molar-refractivity contribution in [1.82, 2.24) is 10.6 Å². The average molecular weight is 439 g/mol. The topological polar surface area (TPSA) is 45.7 Å². The zero-order valence-corrected chi connectivity index (χ0v) is 16.5. The van der Waals surface area contributed by atoms with Crippen molar-refractivity contribution < 1.29 is 4.74 Å². The van der Waals surface area contributed by atoms with E-state index in [-0.39, 0.29) is 35.6 Å². The van der Waals surface area contributed by atoms with E-state index in [2.05, 4.69) is 39.7 Å². The highest BCUT2D eigenvalue weighted by atomic mass is 127. The number of guanidine groups is 1. The predicted octanol–water partition coefficient (Wildman–Crippen LogP) is 3.63. The first-order chi connectivity index (χ1) is 11.3. The zero-order chi connectivity index (χ0) is 16.1. The summed E-state index contributed by atoms with van der Waals surface area (Å²) in [6.07, 6.45) is 11.8. The van der Waals surface area contributed by atoms with Crippen molar-refractivity contribution in [3.8, 4) is 18.1 Å². The van der Waals surface area contributed by atoms with E-state index in [1.54, 1.807) is 7.05 Å². The Balaban J connectivity index is 0.00000208. The minimum Gasteiger partial charge on any atom is -0.487 e. The number of benzene rings is 1. The van der Waals surface area contributed by atoms with Crippen molar-refractivity contribution >= 4 is 29.9 Å². The first-order valence-corrected chi connectivity index (χ1v) is 8.45. The standard InChI is InChI=1S/C19H25N3O.HI/c1-3-4-13-21-18(20-2)22-16-14-19(11-7-8-12-19)23-17-10-6-5-9-15(16)17;/h1,5-6,9-10,16H,4,7-8,11-14H2,2H3,(H2,20,21,22);1H. The molecule has 1 saturated carbocycles. The van der Waals surface area contributed by atoms with Crippen LogP contribution in [-0.2, 0) is 0 Å². The van der Waals surface area contributed by atoms with Gasteiger partial charge in [-0.3, -0.25) is 4.99 Å². The molecule has 1 aromatic carbocycles. The second kappa shape index (κ2) is 8.61. The van der Waals surface area contributed by atoms with Crippen LogP contribution in [-0.4, -0.2) is 25.2 Å². The van der Waals surface area contributed by atoms with Gasteiger partial charge >= 0.3 is 0 Å². The summed E-state index contributed by atoms with van der Waals surface area (Å²) >= 11 is 0. The second-order valence-electron chi connectivity index (χ2n) is 6.38. The Kier molecular flexibility index (Phi) is 6.79. The summed E-state index contributed by atoms with van der Waals surface area (Å²) in [6, 6.07) is 8.55. The molecule has 130 valence electrons. The number of terminal acetylenes is 1. The molecular weight excluding hydrogens is 413 g/mol. The van der Waals surface area contributed by atoms with Crippen LogP contribution in [0.2, 0.25) is 0 Å². The fraction of sp³-hybridized carbons (Fsp3) is 0.526. The summed E-state index contributed by atoms with van der Waals surface area (Å²) in [5.74, 6) is 4.45. The summed E-state index contributed by atoms with van der Waals surface area (Å²) in [5.41, 5.74) is 1.20. The Hall–Kier alpha value is -1.42. The number of nitrogens with zero attached hydrogens (tertiary/aromatic N) is 1. The average Bonchev–Trinajstić information content (AvgIpc) is 3.01. The summed E-state index contributed by atoms with van der Waals surface area (Å²) in [4.78, 5) is 4.33. The molecule has 1 unspecified atom stereocenters. The second-order valence-corrected chi connectivity index (χ2v) is 6.38. The van der Waals surface area contributed by atoms with Crippen molar-refractivity contribution in [3.63, 3.8) is 0 Å². The number of ether oxygens (including phenoxy) is 1. The molecule has 4 nitrogen and oxygen atoms in total. The number of hydrogen-bond acceptors (Lipinski definition) is 2. The molecule has 1 aliphatic carbocycles. The SMILES string of the molecule is C#CCCNC(=NC)NC1CC2(CCCC2)Oc2ccccc21.I. The smallest absolute Gasteiger partial charge is 0.191 e. The van der Waals surface area contributed by atoms with Crippen LogP contribution >= 0.6 is 24.0 Å². The lowest BCUT2D eigenvalue weighted by Crippen LogP contribution is -2.46. The maximum absolute atomic E-state index is 6.40. The highest BCUT2D eigenvalue weighted by Gasteiger charge is 2.43. The molecule has 1 atom stereocenters. The molecule has 2 aliphatic rings. The summed E-state index contributed by atoms with van der Waals surface area (Å²) < 4.78 is 6.40. The van der Waals surface area contributed by atoms with E-state index in [1.165, 1.54) is 18.4 Å². The molecule has 1 aliphatic heterocycles. The molecule has 1 heterocycles. The lowest BCUT2D eigenvalue weighted by Gasteiger charge is -2.40. The van der Waals surface area contributed by atoms with E-state index in [4.69, 9.17) is 11.2 Å². The molecular formula is C19H26IN3O. The lowest BCUT2D eigenvalue weighted by molar-refractivity contribution is 0.0396. The summed E-state index contributed by atoms with van der Waals surface area (Å²) in [7, 11) is 1.79. The van der Waals surface area contributed by atoms with Gasteiger partial charge in [0.15, 0.2) is 5.96 Å². The van der Waals surface area contributed by atoms with Gasteiger partial charge in [-0.1, -0.05) is 18.2 Å². The highest BCUT2D eigenvalue weighted by Crippen LogP contribution is 2.46. The van der Waals surface area contributed by atoms with Crippen LogP contribution in [0, 0.1) is 12.3 Å². The van der Waals surface area contributed by atoms with Gasteiger partial charge in [0.2, 0.25) is 0 Å². The number of rotatable bonds is 3. The minimum absolute atomic E-state index is 0. The van der Waals surface area contributed by atoms with Crippen LogP contribution in [0.1, 0.15) is 50.1 Å². The third-order valence-electron chi connectivity index (χ3n) is 4.81. The Morgan fingerprint density at radius 2 is 2.12 bits per heavy atom. The number of nitrogens with one attached hydrogen (secondary N) is 2. The van der Waals surface area contributed by atoms with E-state index in [1.807, 2.05) is 6.07 Å². The number of fused-ring (bicyclic) bond motifs is 1. The molecule has 3 rings (SSSR count). The summed E-state index contributed by atoms with van der Waals surface area (Å²) in [6.45, 7) is 0.728. The van der Waals surface area contributed by atoms with Gasteiger partial charge in [0.25, 0.3) is 0 Å². The Morgan fingerprint density at radius 1 is 1.38 bits per heavy atom. The zero-order valence-electron chi connectivity index (χ0n) is 14.2. The number of hydrogen-bond donors (Lipinski definition) is 2. The van der Waals surface area contributed by atoms with Gasteiger partial charge in [-0.25, -0.2) is 0 Å². The molecule has 24 heavy (non-hydrogen) atoms. The van der Waals surface area contributed by atoms with Crippen molar-refractivity contribution in [2.24, 2.45) is 4.99 Å². The fourth-order valence-electron chi connectivity index (χ4n) is 3.69. The van der Waals surface area contributed by atoms with Gasteiger partial charge in [-0.05, 0) is 31.7 Å². The maximum atomic E-state index is 6.40. The van der Waals surface area contributed by atoms with Crippen molar-refractivity contribution in [2.75, 3.05) is 13.6 Å². The molecule has 0 amide bonds. The largest absolute Gasteiger partial charge is 0.487 e. The van der Waals surface area contributed by atoms with Crippen molar-refractivity contribution in [3.05, 3.63) is 29.8 Å². The fourth-order valence-corrected chi connectivity index (χ4v) is 3.69. The first-order valence-electron chi connectivity index (χ1n) is 8.45. The molecule has 2 N–H and O–H groups in total. The predicted molar refractivity (Wildman–Crippen MR) is 109 cm³/mol. The van der Waals surface area contributed by atoms with Gasteiger partial charge in [0.1, 0.15) is 11.4 Å². The quantitative estimate of drug-likeness (QED) is 0.249. The normalized spacial score (nSPS) is 21.2. The number of aliphatic imine (C=N–C) groups is 1. The molecule has 0 aromatic heterocycles. The molecule has 5 heteroatoms. The monoisotopic (exact) mass is 439 g/mol. The van der Waals surface area contributed by atoms with Gasteiger partial charge in [-0.2, -0.15) is 0 Å². The first kappa shape index (κ1) is 18.9. The number of para-hydroxylation sites is 1. The molecule has 0 bridgehead atoms. The van der Waals surface area contributed by atoms with Crippen LogP contribution in [0.15, 0.2) is 29.3 Å². The van der Waals surface area contributed by atoms with Crippen molar-refractivity contribution in [1.29, 1.82) is 0 Å². The van der Waals surface area contributed by atoms with Crippen LogP contribution in [0.3, 0.4) is 0 Å². The number of halogens is 1. The Morgan fingerprint density at radius 3 is 2.83 bits per heavy atom. The summed E-state index contributed by atoms with van der Waals surface area (Å²) in [5, 5.41) is 6.85. The van der Waals surface area contributed by atoms with Crippen LogP contribution in [0.5, 0.6) is 5.75 Å². The van der Waals surface area contributed by atoms with Gasteiger partial charge < -0.3 is 15.4 Å². The van der Waals surface area contributed by atoms with E-state index < -0.39 is 0 Å². The molecule has 0 saturated heterocycles. The minimum atomic E-state index is -0.0102. The van der Waals surface area contributed by atoms with Crippen LogP contribution in [0.4, 0.5) is 0 Å². The molecule has 1 fully saturated rings.